The molecule has 0 bridgehead atoms. The largest absolute Gasteiger partial charge is 0.490 e. The Morgan fingerprint density at radius 2 is 1.76 bits per heavy atom. The molecule has 0 spiro atoms. The third-order valence-electron chi connectivity index (χ3n) is 1.94. The average molecular weight is 295 g/mol. The van der Waals surface area contributed by atoms with Crippen molar-refractivity contribution in [2.75, 3.05) is 13.2 Å². The minimum absolute atomic E-state index is 0.318. The van der Waals surface area contributed by atoms with Crippen molar-refractivity contribution in [3.8, 4) is 11.5 Å². The Morgan fingerprint density at radius 3 is 2.18 bits per heavy atom. The van der Waals surface area contributed by atoms with Crippen molar-refractivity contribution in [2.24, 2.45) is 0 Å². The second-order valence-electron chi connectivity index (χ2n) is 3.01. The van der Waals surface area contributed by atoms with Gasteiger partial charge in [-0.05, 0) is 59.2 Å². The molecule has 0 aliphatic carbocycles. The van der Waals surface area contributed by atoms with Gasteiger partial charge in [0.05, 0.1) is 18.8 Å². The molecule has 6 heteroatoms. The number of hydrogen-bond donors (Lipinski definition) is 0. The zero-order valence-electron chi connectivity index (χ0n) is 9.46. The molecule has 17 heavy (non-hydrogen) atoms. The summed E-state index contributed by atoms with van der Waals surface area (Å²) in [5.74, 6) is 1.05. The van der Waals surface area contributed by atoms with E-state index in [0.717, 1.165) is 11.0 Å². The molecule has 0 aliphatic rings. The highest BCUT2D eigenvalue weighted by Crippen LogP contribution is 2.37. The van der Waals surface area contributed by atoms with Crippen molar-refractivity contribution in [3.63, 3.8) is 0 Å². The molecule has 0 N–H and O–H groups in total. The Bertz CT molecular complexity index is 410. The van der Waals surface area contributed by atoms with E-state index < -0.39 is 5.24 Å². The first kappa shape index (κ1) is 14.5. The molecular formula is C11H12Cl2O3S. The molecule has 0 heterocycles. The number of rotatable bonds is 6. The maximum absolute atomic E-state index is 11.2. The van der Waals surface area contributed by atoms with Crippen molar-refractivity contribution < 1.29 is 14.3 Å². The Labute approximate surface area is 114 Å². The molecule has 0 aliphatic heterocycles. The van der Waals surface area contributed by atoms with E-state index >= 15 is 0 Å². The summed E-state index contributed by atoms with van der Waals surface area (Å²) in [6, 6.07) is 3.20. The molecule has 94 valence electrons. The molecule has 1 aromatic rings. The van der Waals surface area contributed by atoms with Crippen LogP contribution in [0.15, 0.2) is 17.0 Å². The average Bonchev–Trinajstić information content (AvgIpc) is 2.31. The minimum Gasteiger partial charge on any atom is -0.490 e. The summed E-state index contributed by atoms with van der Waals surface area (Å²) >= 11 is 5.48. The fourth-order valence-corrected chi connectivity index (χ4v) is 2.28. The first-order chi connectivity index (χ1) is 8.13. The zero-order valence-corrected chi connectivity index (χ0v) is 11.8. The summed E-state index contributed by atoms with van der Waals surface area (Å²) in [4.78, 5) is 11.8. The molecule has 0 amide bonds. The van der Waals surface area contributed by atoms with E-state index in [1.54, 1.807) is 12.1 Å². The normalized spacial score (nSPS) is 10.1. The van der Waals surface area contributed by atoms with Gasteiger partial charge in [-0.25, -0.2) is 0 Å². The molecule has 3 nitrogen and oxygen atoms in total. The maximum atomic E-state index is 11.2. The van der Waals surface area contributed by atoms with Crippen molar-refractivity contribution in [3.05, 3.63) is 17.7 Å². The van der Waals surface area contributed by atoms with Gasteiger partial charge in [-0.3, -0.25) is 4.79 Å². The van der Waals surface area contributed by atoms with E-state index in [9.17, 15) is 4.79 Å². The van der Waals surface area contributed by atoms with Crippen LogP contribution in [0.5, 0.6) is 11.5 Å². The van der Waals surface area contributed by atoms with Crippen molar-refractivity contribution in [1.29, 1.82) is 0 Å². The molecule has 0 fully saturated rings. The number of benzene rings is 1. The quantitative estimate of drug-likeness (QED) is 0.740. The van der Waals surface area contributed by atoms with Gasteiger partial charge >= 0.3 is 0 Å². The number of carbonyl (C=O) groups is 1. The summed E-state index contributed by atoms with van der Waals surface area (Å²) in [5, 5.41) is -0.572. The molecule has 0 radical (unpaired) electrons. The van der Waals surface area contributed by atoms with Crippen LogP contribution in [0.25, 0.3) is 0 Å². The lowest BCUT2D eigenvalue weighted by Crippen LogP contribution is -2.01. The Balaban J connectivity index is 3.25. The summed E-state index contributed by atoms with van der Waals surface area (Å²) < 4.78 is 10.8. The topological polar surface area (TPSA) is 35.5 Å². The monoisotopic (exact) mass is 294 g/mol. The highest BCUT2D eigenvalue weighted by atomic mass is 35.7. The Kier molecular flexibility index (Phi) is 5.95. The summed E-state index contributed by atoms with van der Waals surface area (Å²) in [5.41, 5.74) is 0.318. The van der Waals surface area contributed by atoms with Gasteiger partial charge in [-0.1, -0.05) is 0 Å². The van der Waals surface area contributed by atoms with Crippen LogP contribution < -0.4 is 9.47 Å². The van der Waals surface area contributed by atoms with Crippen LogP contribution in [0.1, 0.15) is 24.2 Å². The second-order valence-corrected chi connectivity index (χ2v) is 4.41. The van der Waals surface area contributed by atoms with Gasteiger partial charge in [0.15, 0.2) is 11.5 Å². The van der Waals surface area contributed by atoms with E-state index in [4.69, 9.17) is 31.8 Å². The van der Waals surface area contributed by atoms with Crippen LogP contribution in [-0.4, -0.2) is 18.5 Å². The highest BCUT2D eigenvalue weighted by Gasteiger charge is 2.16. The van der Waals surface area contributed by atoms with Gasteiger partial charge in [0.25, 0.3) is 5.24 Å². The zero-order chi connectivity index (χ0) is 12.8. The van der Waals surface area contributed by atoms with Crippen LogP contribution >= 0.6 is 33.3 Å². The van der Waals surface area contributed by atoms with Crippen LogP contribution in [0.2, 0.25) is 0 Å². The third kappa shape index (κ3) is 3.69. The first-order valence-electron chi connectivity index (χ1n) is 5.06. The number of hydrogen-bond acceptors (Lipinski definition) is 4. The van der Waals surface area contributed by atoms with Gasteiger partial charge in [-0.15, -0.1) is 0 Å². The summed E-state index contributed by atoms with van der Waals surface area (Å²) in [7, 11) is 6.61. The van der Waals surface area contributed by atoms with Crippen LogP contribution in [0.3, 0.4) is 0 Å². The molecule has 1 aromatic carbocycles. The SMILES string of the molecule is CCOc1cc(SCl)c(C(=O)Cl)cc1OCC. The Hall–Kier alpha value is -0.580. The van der Waals surface area contributed by atoms with Crippen LogP contribution in [0.4, 0.5) is 0 Å². The van der Waals surface area contributed by atoms with Gasteiger partial charge < -0.3 is 9.47 Å². The number of ether oxygens (including phenoxy) is 2. The van der Waals surface area contributed by atoms with Gasteiger partial charge in [0, 0.05) is 4.90 Å². The third-order valence-corrected chi connectivity index (χ3v) is 3.15. The van der Waals surface area contributed by atoms with E-state index in [0.29, 0.717) is 35.2 Å². The molecular weight excluding hydrogens is 283 g/mol. The van der Waals surface area contributed by atoms with Crippen LogP contribution in [0, 0.1) is 0 Å². The van der Waals surface area contributed by atoms with E-state index in [1.165, 1.54) is 0 Å². The first-order valence-corrected chi connectivity index (χ1v) is 7.08. The summed E-state index contributed by atoms with van der Waals surface area (Å²) in [6.45, 7) is 4.69. The second kappa shape index (κ2) is 6.99. The van der Waals surface area contributed by atoms with Gasteiger partial charge in [-0.2, -0.15) is 0 Å². The predicted molar refractivity (Wildman–Crippen MR) is 70.7 cm³/mol. The lowest BCUT2D eigenvalue weighted by atomic mass is 10.2. The molecule has 1 rings (SSSR count). The molecule has 0 saturated carbocycles. The smallest absolute Gasteiger partial charge is 0.253 e. The fourth-order valence-electron chi connectivity index (χ4n) is 1.30. The van der Waals surface area contributed by atoms with Gasteiger partial charge in [0.2, 0.25) is 0 Å². The van der Waals surface area contributed by atoms with E-state index in [1.807, 2.05) is 13.8 Å². The van der Waals surface area contributed by atoms with Crippen molar-refractivity contribution in [1.82, 2.24) is 0 Å². The lowest BCUT2D eigenvalue weighted by Gasteiger charge is -2.13. The van der Waals surface area contributed by atoms with Crippen molar-refractivity contribution in [2.45, 2.75) is 18.7 Å². The van der Waals surface area contributed by atoms with Crippen molar-refractivity contribution >= 4 is 38.5 Å². The van der Waals surface area contributed by atoms with E-state index in [2.05, 4.69) is 0 Å². The highest BCUT2D eigenvalue weighted by molar-refractivity contribution is 8.21. The summed E-state index contributed by atoms with van der Waals surface area (Å²) in [6.07, 6.45) is 0. The molecule has 0 atom stereocenters. The van der Waals surface area contributed by atoms with Gasteiger partial charge in [0.1, 0.15) is 0 Å². The molecule has 0 aromatic heterocycles. The standard InChI is InChI=1S/C11H12Cl2O3S/c1-3-15-8-5-7(11(12)14)10(17-13)6-9(8)16-4-2/h5-6H,3-4H2,1-2H3. The molecule has 0 unspecified atom stereocenters. The minimum atomic E-state index is -0.572. The number of carbonyl (C=O) groups excluding carboxylic acids is 1. The number of halogens is 2. The lowest BCUT2D eigenvalue weighted by molar-refractivity contribution is 0.107. The van der Waals surface area contributed by atoms with Crippen LogP contribution in [-0.2, 0) is 0 Å². The fraction of sp³-hybridized carbons (Fsp3) is 0.364. The van der Waals surface area contributed by atoms with E-state index in [-0.39, 0.29) is 0 Å². The molecule has 0 saturated heterocycles. The Morgan fingerprint density at radius 1 is 1.24 bits per heavy atom. The maximum Gasteiger partial charge on any atom is 0.253 e. The predicted octanol–water partition coefficient (Wildman–Crippen LogP) is 4.11.